The summed E-state index contributed by atoms with van der Waals surface area (Å²) < 4.78 is 15.1. The van der Waals surface area contributed by atoms with Crippen LogP contribution in [0.4, 0.5) is 10.2 Å². The molecule has 0 aliphatic carbocycles. The molecule has 3 rings (SSSR count). The van der Waals surface area contributed by atoms with Gasteiger partial charge >= 0.3 is 6.08 Å². The van der Waals surface area contributed by atoms with Crippen LogP contribution in [0.3, 0.4) is 0 Å². The third kappa shape index (κ3) is 2.32. The lowest BCUT2D eigenvalue weighted by atomic mass is 10.1. The first-order chi connectivity index (χ1) is 9.63. The number of aryl methyl sites for hydroxylation is 2. The Balaban J connectivity index is 1.89. The molecule has 0 fully saturated rings. The first-order valence-electron chi connectivity index (χ1n) is 6.27. The smallest absolute Gasteiger partial charge is 0.312 e. The van der Waals surface area contributed by atoms with Crippen LogP contribution >= 0.6 is 0 Å². The fourth-order valence-electron chi connectivity index (χ4n) is 2.00. The molecular weight excluding hydrogens is 257 g/mol. The molecule has 2 aromatic heterocycles. The third-order valence-electron chi connectivity index (χ3n) is 3.11. The van der Waals surface area contributed by atoms with Crippen LogP contribution in [0.5, 0.6) is 0 Å². The van der Waals surface area contributed by atoms with Crippen molar-refractivity contribution in [2.45, 2.75) is 13.5 Å². The molecule has 0 amide bonds. The molecule has 2 heterocycles. The van der Waals surface area contributed by atoms with E-state index in [2.05, 4.69) is 20.3 Å². The van der Waals surface area contributed by atoms with Crippen LogP contribution in [0.2, 0.25) is 0 Å². The normalized spacial score (nSPS) is 10.9. The first kappa shape index (κ1) is 12.5. The van der Waals surface area contributed by atoms with Crippen molar-refractivity contribution in [2.75, 3.05) is 5.32 Å². The number of halogens is 1. The molecule has 0 unspecified atom stereocenters. The Kier molecular flexibility index (Phi) is 3.06. The van der Waals surface area contributed by atoms with Crippen molar-refractivity contribution < 1.29 is 4.39 Å². The summed E-state index contributed by atoms with van der Waals surface area (Å²) in [5.74, 6) is 0.411. The molecule has 3 aromatic rings. The summed E-state index contributed by atoms with van der Waals surface area (Å²) in [5, 5.41) is 3.11. The summed E-state index contributed by atoms with van der Waals surface area (Å²) in [5.41, 5.74) is 3.34. The number of hydrogen-bond donors (Lipinski definition) is 1. The quantitative estimate of drug-likeness (QED) is 0.743. The van der Waals surface area contributed by atoms with Crippen molar-refractivity contribution in [1.82, 2.24) is 19.5 Å². The van der Waals surface area contributed by atoms with Crippen LogP contribution in [-0.2, 0) is 13.6 Å². The van der Waals surface area contributed by atoms with Gasteiger partial charge in [0.2, 0.25) is 0 Å². The van der Waals surface area contributed by atoms with Gasteiger partial charge in [-0.2, -0.15) is 14.4 Å². The van der Waals surface area contributed by atoms with Crippen molar-refractivity contribution in [1.29, 1.82) is 0 Å². The van der Waals surface area contributed by atoms with E-state index in [1.54, 1.807) is 17.9 Å². The van der Waals surface area contributed by atoms with Crippen molar-refractivity contribution in [3.05, 3.63) is 47.8 Å². The molecule has 0 spiro atoms. The lowest BCUT2D eigenvalue weighted by Gasteiger charge is -2.06. The van der Waals surface area contributed by atoms with Crippen molar-refractivity contribution in [3.8, 4) is 0 Å². The minimum atomic E-state index is -0.757. The zero-order valence-electron chi connectivity index (χ0n) is 11.3. The SMILES string of the molecule is Cc1ccc(CNc2nc(F)nc3c2ncn3C)cc1. The highest BCUT2D eigenvalue weighted by Gasteiger charge is 2.11. The Bertz CT molecular complexity index is 748. The van der Waals surface area contributed by atoms with E-state index in [0.29, 0.717) is 23.5 Å². The molecule has 0 saturated carbocycles. The Morgan fingerprint density at radius 3 is 2.70 bits per heavy atom. The summed E-state index contributed by atoms with van der Waals surface area (Å²) in [4.78, 5) is 11.7. The molecule has 20 heavy (non-hydrogen) atoms. The standard InChI is InChI=1S/C14H14FN5/c1-9-3-5-10(6-4-9)7-16-12-11-13(19-14(15)18-12)20(2)8-17-11/h3-6,8H,7H2,1-2H3,(H,16,18,19). The van der Waals surface area contributed by atoms with Crippen LogP contribution in [0.1, 0.15) is 11.1 Å². The predicted octanol–water partition coefficient (Wildman–Crippen LogP) is 2.42. The van der Waals surface area contributed by atoms with E-state index in [0.717, 1.165) is 5.56 Å². The number of benzene rings is 1. The Morgan fingerprint density at radius 2 is 1.95 bits per heavy atom. The van der Waals surface area contributed by atoms with Gasteiger partial charge in [-0.05, 0) is 12.5 Å². The lowest BCUT2D eigenvalue weighted by molar-refractivity contribution is 0.543. The highest BCUT2D eigenvalue weighted by molar-refractivity contribution is 5.82. The maximum atomic E-state index is 13.4. The van der Waals surface area contributed by atoms with Crippen LogP contribution in [0.25, 0.3) is 11.2 Å². The van der Waals surface area contributed by atoms with Crippen molar-refractivity contribution in [2.24, 2.45) is 7.05 Å². The van der Waals surface area contributed by atoms with Gasteiger partial charge in [-0.25, -0.2) is 4.98 Å². The molecule has 0 atom stereocenters. The van der Waals surface area contributed by atoms with E-state index in [-0.39, 0.29) is 0 Å². The van der Waals surface area contributed by atoms with E-state index < -0.39 is 6.08 Å². The monoisotopic (exact) mass is 271 g/mol. The maximum absolute atomic E-state index is 13.4. The average molecular weight is 271 g/mol. The minimum Gasteiger partial charge on any atom is -0.364 e. The predicted molar refractivity (Wildman–Crippen MR) is 74.8 cm³/mol. The summed E-state index contributed by atoms with van der Waals surface area (Å²) in [6, 6.07) is 8.12. The van der Waals surface area contributed by atoms with E-state index in [9.17, 15) is 4.39 Å². The van der Waals surface area contributed by atoms with E-state index in [4.69, 9.17) is 0 Å². The number of anilines is 1. The molecular formula is C14H14FN5. The largest absolute Gasteiger partial charge is 0.364 e. The number of imidazole rings is 1. The number of nitrogens with zero attached hydrogens (tertiary/aromatic N) is 4. The second-order valence-corrected chi connectivity index (χ2v) is 4.71. The fraction of sp³-hybridized carbons (Fsp3) is 0.214. The fourth-order valence-corrected chi connectivity index (χ4v) is 2.00. The zero-order chi connectivity index (χ0) is 14.1. The lowest BCUT2D eigenvalue weighted by Crippen LogP contribution is -2.05. The van der Waals surface area contributed by atoms with Gasteiger partial charge in [0.15, 0.2) is 17.0 Å². The molecule has 0 bridgehead atoms. The zero-order valence-corrected chi connectivity index (χ0v) is 11.3. The summed E-state index contributed by atoms with van der Waals surface area (Å²) in [7, 11) is 1.77. The van der Waals surface area contributed by atoms with Crippen LogP contribution in [-0.4, -0.2) is 19.5 Å². The van der Waals surface area contributed by atoms with Crippen LogP contribution < -0.4 is 5.32 Å². The van der Waals surface area contributed by atoms with Gasteiger partial charge in [-0.3, -0.25) is 0 Å². The molecule has 0 saturated heterocycles. The van der Waals surface area contributed by atoms with Gasteiger partial charge < -0.3 is 9.88 Å². The van der Waals surface area contributed by atoms with E-state index in [1.165, 1.54) is 5.56 Å². The van der Waals surface area contributed by atoms with Crippen molar-refractivity contribution >= 4 is 17.0 Å². The second-order valence-electron chi connectivity index (χ2n) is 4.71. The molecule has 102 valence electrons. The van der Waals surface area contributed by atoms with Gasteiger partial charge in [0.05, 0.1) is 6.33 Å². The molecule has 0 radical (unpaired) electrons. The molecule has 0 aliphatic rings. The number of fused-ring (bicyclic) bond motifs is 1. The van der Waals surface area contributed by atoms with Crippen LogP contribution in [0.15, 0.2) is 30.6 Å². The number of aromatic nitrogens is 4. The van der Waals surface area contributed by atoms with Gasteiger partial charge in [-0.15, -0.1) is 0 Å². The highest BCUT2D eigenvalue weighted by atomic mass is 19.1. The summed E-state index contributed by atoms with van der Waals surface area (Å²) in [6.45, 7) is 2.59. The topological polar surface area (TPSA) is 55.6 Å². The molecule has 5 nitrogen and oxygen atoms in total. The Labute approximate surface area is 115 Å². The highest BCUT2D eigenvalue weighted by Crippen LogP contribution is 2.18. The van der Waals surface area contributed by atoms with Gasteiger partial charge in [0.25, 0.3) is 0 Å². The molecule has 1 N–H and O–H groups in total. The van der Waals surface area contributed by atoms with Gasteiger partial charge in [-0.1, -0.05) is 29.8 Å². The second kappa shape index (κ2) is 4.88. The summed E-state index contributed by atoms with van der Waals surface area (Å²) >= 11 is 0. The Morgan fingerprint density at radius 1 is 1.20 bits per heavy atom. The number of rotatable bonds is 3. The third-order valence-corrected chi connectivity index (χ3v) is 3.11. The molecule has 1 aromatic carbocycles. The van der Waals surface area contributed by atoms with Crippen molar-refractivity contribution in [3.63, 3.8) is 0 Å². The van der Waals surface area contributed by atoms with Crippen LogP contribution in [0, 0.1) is 13.0 Å². The van der Waals surface area contributed by atoms with E-state index in [1.807, 2.05) is 31.2 Å². The number of nitrogens with one attached hydrogen (secondary N) is 1. The van der Waals surface area contributed by atoms with Gasteiger partial charge in [0.1, 0.15) is 0 Å². The summed E-state index contributed by atoms with van der Waals surface area (Å²) in [6.07, 6.45) is 0.836. The van der Waals surface area contributed by atoms with Gasteiger partial charge in [0, 0.05) is 13.6 Å². The molecule has 0 aliphatic heterocycles. The average Bonchev–Trinajstić information content (AvgIpc) is 2.80. The first-order valence-corrected chi connectivity index (χ1v) is 6.27. The van der Waals surface area contributed by atoms with E-state index >= 15 is 0 Å². The Hall–Kier alpha value is -2.50. The molecule has 6 heteroatoms. The minimum absolute atomic E-state index is 0.411. The maximum Gasteiger partial charge on any atom is 0.312 e. The number of hydrogen-bond acceptors (Lipinski definition) is 4.